The first kappa shape index (κ1) is 25.6. The number of aromatic nitrogens is 2. The van der Waals surface area contributed by atoms with E-state index in [1.54, 1.807) is 37.6 Å². The average molecular weight is 512 g/mol. The standard InChI is InChI=1S/C26H33N5O4S/c1-4-18(20-14-9-15-36-20)27-21-22(26(35)31(29-24(21)33)16-10-6-5-7-11-16)28-19-13-8-12-17(23(19)32)25(34)30(2)3/h8-9,12-16,18,27-28,32H,4-7,10-11H2,1-3H3,(H,29,33). The molecule has 1 aliphatic rings. The van der Waals surface area contributed by atoms with Crippen LogP contribution in [0.25, 0.3) is 0 Å². The molecule has 1 fully saturated rings. The first-order chi connectivity index (χ1) is 17.3. The lowest BCUT2D eigenvalue weighted by Crippen LogP contribution is -2.37. The van der Waals surface area contributed by atoms with Crippen LogP contribution >= 0.6 is 11.3 Å². The molecular weight excluding hydrogens is 478 g/mol. The summed E-state index contributed by atoms with van der Waals surface area (Å²) < 4.78 is 1.42. The van der Waals surface area contributed by atoms with E-state index in [-0.39, 0.29) is 51.9 Å². The Morgan fingerprint density at radius 3 is 2.56 bits per heavy atom. The average Bonchev–Trinajstić information content (AvgIpc) is 3.41. The van der Waals surface area contributed by atoms with Crippen LogP contribution < -0.4 is 21.8 Å². The van der Waals surface area contributed by atoms with Crippen LogP contribution in [0.3, 0.4) is 0 Å². The number of thiophene rings is 1. The van der Waals surface area contributed by atoms with Gasteiger partial charge in [-0.25, -0.2) is 4.68 Å². The number of rotatable bonds is 8. The molecule has 4 N–H and O–H groups in total. The highest BCUT2D eigenvalue weighted by Crippen LogP contribution is 2.34. The van der Waals surface area contributed by atoms with Gasteiger partial charge in [0.1, 0.15) is 11.4 Å². The SMILES string of the molecule is CCC(Nc1c(Nc2cccc(C(=O)N(C)C)c2O)c(=O)n(C2CCCCC2)[nH]c1=O)c1cccs1. The van der Waals surface area contributed by atoms with Gasteiger partial charge in [-0.05, 0) is 42.8 Å². The number of benzene rings is 1. The number of para-hydroxylation sites is 1. The summed E-state index contributed by atoms with van der Waals surface area (Å²) in [6.45, 7) is 2.00. The lowest BCUT2D eigenvalue weighted by Gasteiger charge is -2.26. The highest BCUT2D eigenvalue weighted by Gasteiger charge is 2.25. The van der Waals surface area contributed by atoms with E-state index in [9.17, 15) is 19.5 Å². The van der Waals surface area contributed by atoms with Crippen LogP contribution in [0, 0.1) is 0 Å². The van der Waals surface area contributed by atoms with Gasteiger partial charge in [0.2, 0.25) is 0 Å². The van der Waals surface area contributed by atoms with Gasteiger partial charge in [-0.3, -0.25) is 19.5 Å². The largest absolute Gasteiger partial charge is 0.505 e. The third-order valence-electron chi connectivity index (χ3n) is 6.62. The van der Waals surface area contributed by atoms with E-state index in [1.807, 2.05) is 24.4 Å². The molecule has 1 aromatic carbocycles. The van der Waals surface area contributed by atoms with Crippen LogP contribution in [0.4, 0.5) is 17.1 Å². The molecule has 2 heterocycles. The third-order valence-corrected chi connectivity index (χ3v) is 7.60. The molecule has 0 radical (unpaired) electrons. The number of hydrogen-bond acceptors (Lipinski definition) is 7. The van der Waals surface area contributed by atoms with E-state index < -0.39 is 5.56 Å². The molecule has 1 saturated carbocycles. The molecule has 2 aromatic heterocycles. The van der Waals surface area contributed by atoms with Crippen molar-refractivity contribution in [3.63, 3.8) is 0 Å². The van der Waals surface area contributed by atoms with Gasteiger partial charge in [-0.1, -0.05) is 38.3 Å². The van der Waals surface area contributed by atoms with E-state index in [0.29, 0.717) is 6.42 Å². The molecule has 1 unspecified atom stereocenters. The number of carbonyl (C=O) groups excluding carboxylic acids is 1. The number of anilines is 3. The number of amides is 1. The molecule has 36 heavy (non-hydrogen) atoms. The summed E-state index contributed by atoms with van der Waals surface area (Å²) in [6, 6.07) is 8.38. The molecule has 1 aliphatic carbocycles. The number of aromatic hydroxyl groups is 1. The number of aromatic amines is 1. The Morgan fingerprint density at radius 2 is 1.92 bits per heavy atom. The van der Waals surface area contributed by atoms with Crippen LogP contribution in [0.15, 0.2) is 45.3 Å². The number of phenols is 1. The summed E-state index contributed by atoms with van der Waals surface area (Å²) in [7, 11) is 3.19. The van der Waals surface area contributed by atoms with Gasteiger partial charge in [0.25, 0.3) is 17.0 Å². The van der Waals surface area contributed by atoms with E-state index in [4.69, 9.17) is 0 Å². The maximum Gasteiger partial charge on any atom is 0.291 e. The van der Waals surface area contributed by atoms with Gasteiger partial charge in [0, 0.05) is 19.0 Å². The van der Waals surface area contributed by atoms with Crippen molar-refractivity contribution in [1.29, 1.82) is 0 Å². The molecule has 0 aliphatic heterocycles. The molecule has 3 aromatic rings. The lowest BCUT2D eigenvalue weighted by molar-refractivity contribution is 0.0824. The van der Waals surface area contributed by atoms with E-state index in [2.05, 4.69) is 15.7 Å². The Bertz CT molecular complexity index is 1320. The molecule has 10 heteroatoms. The molecule has 0 spiro atoms. The molecule has 0 bridgehead atoms. The van der Waals surface area contributed by atoms with Crippen molar-refractivity contribution >= 4 is 34.3 Å². The van der Waals surface area contributed by atoms with Gasteiger partial charge < -0.3 is 20.6 Å². The minimum atomic E-state index is -0.419. The van der Waals surface area contributed by atoms with Crippen molar-refractivity contribution in [2.45, 2.75) is 57.5 Å². The van der Waals surface area contributed by atoms with Crippen molar-refractivity contribution in [2.75, 3.05) is 24.7 Å². The summed E-state index contributed by atoms with van der Waals surface area (Å²) >= 11 is 1.57. The number of hydrogen-bond donors (Lipinski definition) is 4. The van der Waals surface area contributed by atoms with Crippen molar-refractivity contribution in [1.82, 2.24) is 14.7 Å². The highest BCUT2D eigenvalue weighted by atomic mass is 32.1. The van der Waals surface area contributed by atoms with Gasteiger partial charge in [0.15, 0.2) is 5.75 Å². The predicted molar refractivity (Wildman–Crippen MR) is 144 cm³/mol. The number of phenolic OH excluding ortho intramolecular Hbond substituents is 1. The monoisotopic (exact) mass is 511 g/mol. The normalized spacial score (nSPS) is 14.9. The second kappa shape index (κ2) is 11.0. The number of nitrogens with zero attached hydrogens (tertiary/aromatic N) is 2. The molecule has 9 nitrogen and oxygen atoms in total. The fourth-order valence-corrected chi connectivity index (χ4v) is 5.50. The molecule has 192 valence electrons. The number of nitrogens with one attached hydrogen (secondary N) is 3. The molecule has 4 rings (SSSR count). The van der Waals surface area contributed by atoms with Gasteiger partial charge in [-0.2, -0.15) is 0 Å². The van der Waals surface area contributed by atoms with Crippen LogP contribution in [0.2, 0.25) is 0 Å². The van der Waals surface area contributed by atoms with Gasteiger partial charge >= 0.3 is 0 Å². The summed E-state index contributed by atoms with van der Waals surface area (Å²) in [5.74, 6) is -0.653. The van der Waals surface area contributed by atoms with Gasteiger partial charge in [0.05, 0.1) is 23.3 Å². The Morgan fingerprint density at radius 1 is 1.17 bits per heavy atom. The lowest BCUT2D eigenvalue weighted by atomic mass is 9.95. The highest BCUT2D eigenvalue weighted by molar-refractivity contribution is 7.10. The second-order valence-electron chi connectivity index (χ2n) is 9.30. The van der Waals surface area contributed by atoms with Crippen molar-refractivity contribution < 1.29 is 9.90 Å². The fraction of sp³-hybridized carbons (Fsp3) is 0.423. The smallest absolute Gasteiger partial charge is 0.291 e. The first-order valence-electron chi connectivity index (χ1n) is 12.3. The number of carbonyl (C=O) groups is 1. The number of H-pyrrole nitrogens is 1. The summed E-state index contributed by atoms with van der Waals surface area (Å²) in [6.07, 6.45) is 5.42. The van der Waals surface area contributed by atoms with Crippen molar-refractivity contribution in [3.05, 3.63) is 66.9 Å². The summed E-state index contributed by atoms with van der Waals surface area (Å²) in [5, 5.41) is 21.9. The van der Waals surface area contributed by atoms with E-state index in [0.717, 1.165) is 37.0 Å². The maximum absolute atomic E-state index is 13.8. The molecule has 1 amide bonds. The Kier molecular flexibility index (Phi) is 7.83. The Hall–Kier alpha value is -3.53. The molecular formula is C26H33N5O4S. The fourth-order valence-electron chi connectivity index (χ4n) is 4.64. The summed E-state index contributed by atoms with van der Waals surface area (Å²) in [4.78, 5) is 42.1. The third kappa shape index (κ3) is 5.18. The minimum Gasteiger partial charge on any atom is -0.505 e. The summed E-state index contributed by atoms with van der Waals surface area (Å²) in [5.41, 5.74) is -0.374. The van der Waals surface area contributed by atoms with E-state index in [1.165, 1.54) is 15.6 Å². The van der Waals surface area contributed by atoms with Crippen molar-refractivity contribution in [3.8, 4) is 5.75 Å². The predicted octanol–water partition coefficient (Wildman–Crippen LogP) is 4.82. The van der Waals surface area contributed by atoms with Crippen LogP contribution in [-0.4, -0.2) is 39.8 Å². The van der Waals surface area contributed by atoms with Crippen molar-refractivity contribution in [2.24, 2.45) is 0 Å². The zero-order valence-electron chi connectivity index (χ0n) is 20.8. The Balaban J connectivity index is 1.82. The van der Waals surface area contributed by atoms with E-state index >= 15 is 0 Å². The van der Waals surface area contributed by atoms with Crippen LogP contribution in [0.5, 0.6) is 5.75 Å². The quantitative estimate of drug-likeness (QED) is 0.322. The molecule has 1 atom stereocenters. The minimum absolute atomic E-state index is 0.0454. The first-order valence-corrected chi connectivity index (χ1v) is 13.2. The van der Waals surface area contributed by atoms with Gasteiger partial charge in [-0.15, -0.1) is 11.3 Å². The zero-order chi connectivity index (χ0) is 25.8. The maximum atomic E-state index is 13.8. The Labute approximate surface area is 213 Å². The zero-order valence-corrected chi connectivity index (χ0v) is 21.7. The molecule has 0 saturated heterocycles. The topological polar surface area (TPSA) is 119 Å². The second-order valence-corrected chi connectivity index (χ2v) is 10.3. The van der Waals surface area contributed by atoms with Crippen LogP contribution in [0.1, 0.15) is 72.8 Å². The van der Waals surface area contributed by atoms with Crippen LogP contribution in [-0.2, 0) is 0 Å².